The Bertz CT molecular complexity index is 888. The third-order valence-corrected chi connectivity index (χ3v) is 9.63. The van der Waals surface area contributed by atoms with Crippen molar-refractivity contribution < 1.29 is 47.7 Å². The molecule has 0 spiro atoms. The summed E-state index contributed by atoms with van der Waals surface area (Å²) in [5.41, 5.74) is 0. The number of unbranched alkanes of at least 4 members (excludes halogenated alkanes) is 15. The molecule has 0 bridgehead atoms. The number of nitrogens with one attached hydrogen (secondary N) is 1. The Morgan fingerprint density at radius 2 is 1.04 bits per heavy atom. The fourth-order valence-electron chi connectivity index (χ4n) is 5.79. The van der Waals surface area contributed by atoms with Crippen LogP contribution in [-0.4, -0.2) is 88.1 Å². The summed E-state index contributed by atoms with van der Waals surface area (Å²) in [4.78, 5) is 25.1. The van der Waals surface area contributed by atoms with Crippen LogP contribution in [0.4, 0.5) is 0 Å². The summed E-state index contributed by atoms with van der Waals surface area (Å²) in [6, 6.07) is 0. The van der Waals surface area contributed by atoms with Gasteiger partial charge in [-0.2, -0.15) is 8.42 Å². The van der Waals surface area contributed by atoms with Crippen molar-refractivity contribution in [2.75, 3.05) is 12.3 Å². The maximum Gasteiger partial charge on any atom is 0.306 e. The normalized spacial score (nSPS) is 15.1. The van der Waals surface area contributed by atoms with E-state index in [1.165, 1.54) is 57.8 Å². The molecular weight excluding hydrogens is 638 g/mol. The van der Waals surface area contributed by atoms with Crippen molar-refractivity contribution in [3.8, 4) is 0 Å². The highest BCUT2D eigenvalue weighted by atomic mass is 32.2. The van der Waals surface area contributed by atoms with Gasteiger partial charge in [0.15, 0.2) is 6.10 Å². The topological polar surface area (TPSA) is 191 Å². The first kappa shape index (κ1) is 46.7. The molecule has 0 aromatic heterocycles. The molecule has 0 rings (SSSR count). The second-order valence-electron chi connectivity index (χ2n) is 13.5. The summed E-state index contributed by atoms with van der Waals surface area (Å²) in [6.45, 7) is 3.90. The van der Waals surface area contributed by atoms with Gasteiger partial charge in [-0.05, 0) is 44.9 Å². The predicted molar refractivity (Wildman–Crippen MR) is 190 cm³/mol. The lowest BCUT2D eigenvalue weighted by Crippen LogP contribution is -2.45. The lowest BCUT2D eigenvalue weighted by atomic mass is 9.98. The molecule has 0 fully saturated rings. The number of aliphatic hydroxyl groups excluding tert-OH is 4. The smallest absolute Gasteiger partial charge is 0.306 e. The van der Waals surface area contributed by atoms with Crippen molar-refractivity contribution in [2.24, 2.45) is 0 Å². The van der Waals surface area contributed by atoms with E-state index >= 15 is 0 Å². The zero-order valence-corrected chi connectivity index (χ0v) is 31.0. The summed E-state index contributed by atoms with van der Waals surface area (Å²) in [5, 5.41) is 43.5. The summed E-state index contributed by atoms with van der Waals surface area (Å²) >= 11 is 0. The number of carbonyl (C=O) groups excluding carboxylic acids is 2. The second-order valence-corrected chi connectivity index (χ2v) is 15.1. The van der Waals surface area contributed by atoms with Crippen molar-refractivity contribution in [3.63, 3.8) is 0 Å². The molecule has 0 aliphatic heterocycles. The minimum absolute atomic E-state index is 0.122. The SMILES string of the molecule is CCCCCCCCCCCCCCCC(=O)OC(CCCC(O)CCCCC(O)C(O)CCCCC)C(O)C(=O)NCCS(=O)(=O)O. The van der Waals surface area contributed by atoms with Crippen LogP contribution in [0.25, 0.3) is 0 Å². The van der Waals surface area contributed by atoms with Crippen molar-refractivity contribution in [1.82, 2.24) is 5.32 Å². The molecule has 5 unspecified atom stereocenters. The molecule has 6 N–H and O–H groups in total. The average molecular weight is 710 g/mol. The first-order valence-corrected chi connectivity index (χ1v) is 20.7. The Morgan fingerprint density at radius 3 is 1.56 bits per heavy atom. The molecule has 11 nitrogen and oxygen atoms in total. The molecule has 0 aliphatic carbocycles. The predicted octanol–water partition coefficient (Wildman–Crippen LogP) is 6.14. The number of carbonyl (C=O) groups is 2. The van der Waals surface area contributed by atoms with Crippen LogP contribution in [0.15, 0.2) is 0 Å². The summed E-state index contributed by atoms with van der Waals surface area (Å²) in [5.74, 6) is -2.15. The minimum Gasteiger partial charge on any atom is -0.459 e. The summed E-state index contributed by atoms with van der Waals surface area (Å²) in [6.07, 6.45) is 17.0. The highest BCUT2D eigenvalue weighted by Gasteiger charge is 2.29. The molecule has 48 heavy (non-hydrogen) atoms. The van der Waals surface area contributed by atoms with Crippen molar-refractivity contribution in [3.05, 3.63) is 0 Å². The van der Waals surface area contributed by atoms with Crippen LogP contribution < -0.4 is 5.32 Å². The molecule has 0 aromatic carbocycles. The van der Waals surface area contributed by atoms with Crippen molar-refractivity contribution in [1.29, 1.82) is 0 Å². The van der Waals surface area contributed by atoms with Gasteiger partial charge in [0.1, 0.15) is 6.10 Å². The average Bonchev–Trinajstić information content (AvgIpc) is 3.03. The number of amides is 1. The molecule has 0 saturated carbocycles. The fraction of sp³-hybridized carbons (Fsp3) is 0.944. The van der Waals surface area contributed by atoms with Gasteiger partial charge in [0, 0.05) is 13.0 Å². The van der Waals surface area contributed by atoms with Gasteiger partial charge >= 0.3 is 5.97 Å². The zero-order valence-electron chi connectivity index (χ0n) is 30.2. The minimum atomic E-state index is -4.30. The Balaban J connectivity index is 4.53. The Hall–Kier alpha value is -1.31. The van der Waals surface area contributed by atoms with Crippen LogP contribution in [0.3, 0.4) is 0 Å². The van der Waals surface area contributed by atoms with Crippen LogP contribution in [0.5, 0.6) is 0 Å². The van der Waals surface area contributed by atoms with E-state index in [-0.39, 0.29) is 12.8 Å². The van der Waals surface area contributed by atoms with E-state index in [0.717, 1.165) is 38.5 Å². The molecule has 5 atom stereocenters. The second kappa shape index (κ2) is 30.5. The highest BCUT2D eigenvalue weighted by molar-refractivity contribution is 7.85. The Labute approximate surface area is 291 Å². The molecule has 286 valence electrons. The molecular formula is C36H71NO10S. The van der Waals surface area contributed by atoms with Gasteiger partial charge in [0.2, 0.25) is 0 Å². The number of esters is 1. The third-order valence-electron chi connectivity index (χ3n) is 8.91. The standard InChI is InChI=1S/C36H71NO10S/c1-3-5-7-8-9-10-11-12-13-14-15-16-18-27-34(41)47-33(35(42)36(43)37-28-29-48(44,45)46)26-21-23-30(38)22-19-20-25-32(40)31(39)24-17-6-4-2/h30-33,35,38-40,42H,3-29H2,1-2H3,(H,37,43)(H,44,45,46). The van der Waals surface area contributed by atoms with E-state index in [2.05, 4.69) is 19.2 Å². The zero-order chi connectivity index (χ0) is 36.0. The monoisotopic (exact) mass is 709 g/mol. The van der Waals surface area contributed by atoms with Crippen LogP contribution in [0.2, 0.25) is 0 Å². The maximum atomic E-state index is 12.6. The van der Waals surface area contributed by atoms with Gasteiger partial charge < -0.3 is 30.5 Å². The Kier molecular flexibility index (Phi) is 29.7. The van der Waals surface area contributed by atoms with Crippen LogP contribution in [0.1, 0.15) is 174 Å². The molecule has 0 radical (unpaired) electrons. The largest absolute Gasteiger partial charge is 0.459 e. The molecule has 1 amide bonds. The first-order chi connectivity index (χ1) is 22.9. The Morgan fingerprint density at radius 1 is 0.604 bits per heavy atom. The van der Waals surface area contributed by atoms with Crippen LogP contribution in [-0.2, 0) is 24.4 Å². The van der Waals surface area contributed by atoms with Gasteiger partial charge in [0.05, 0.1) is 24.1 Å². The summed E-state index contributed by atoms with van der Waals surface area (Å²) in [7, 11) is -4.30. The quantitative estimate of drug-likeness (QED) is 0.0257. The van der Waals surface area contributed by atoms with E-state index in [9.17, 15) is 38.4 Å². The number of ether oxygens (including phenoxy) is 1. The maximum absolute atomic E-state index is 12.6. The van der Waals surface area contributed by atoms with E-state index in [1.54, 1.807) is 0 Å². The van der Waals surface area contributed by atoms with E-state index in [1.807, 2.05) is 0 Å². The van der Waals surface area contributed by atoms with Gasteiger partial charge in [0.25, 0.3) is 16.0 Å². The van der Waals surface area contributed by atoms with Gasteiger partial charge in [-0.25, -0.2) is 0 Å². The number of hydrogen-bond acceptors (Lipinski definition) is 9. The first-order valence-electron chi connectivity index (χ1n) is 19.1. The third kappa shape index (κ3) is 28.5. The highest BCUT2D eigenvalue weighted by Crippen LogP contribution is 2.18. The summed E-state index contributed by atoms with van der Waals surface area (Å²) < 4.78 is 36.3. The molecule has 12 heteroatoms. The fourth-order valence-corrected chi connectivity index (χ4v) is 6.15. The van der Waals surface area contributed by atoms with E-state index in [0.29, 0.717) is 51.4 Å². The van der Waals surface area contributed by atoms with Crippen LogP contribution >= 0.6 is 0 Å². The van der Waals surface area contributed by atoms with Crippen molar-refractivity contribution in [2.45, 2.75) is 205 Å². The van der Waals surface area contributed by atoms with Crippen molar-refractivity contribution >= 4 is 22.0 Å². The van der Waals surface area contributed by atoms with E-state index < -0.39 is 64.8 Å². The van der Waals surface area contributed by atoms with Gasteiger partial charge in [-0.3, -0.25) is 14.1 Å². The number of hydrogen-bond donors (Lipinski definition) is 6. The molecule has 0 aliphatic rings. The van der Waals surface area contributed by atoms with E-state index in [4.69, 9.17) is 9.29 Å². The number of rotatable bonds is 34. The molecule has 0 saturated heterocycles. The lowest BCUT2D eigenvalue weighted by Gasteiger charge is -2.23. The lowest BCUT2D eigenvalue weighted by molar-refractivity contribution is -0.159. The van der Waals surface area contributed by atoms with Gasteiger partial charge in [-0.15, -0.1) is 0 Å². The molecule has 0 aromatic rings. The molecule has 0 heterocycles. The number of aliphatic hydroxyl groups is 4. The van der Waals surface area contributed by atoms with Gasteiger partial charge in [-0.1, -0.05) is 123 Å². The van der Waals surface area contributed by atoms with Crippen LogP contribution in [0, 0.1) is 0 Å².